The minimum atomic E-state index is -0.218. The molecule has 0 atom stereocenters. The van der Waals surface area contributed by atoms with Crippen LogP contribution in [0.4, 0.5) is 34.1 Å². The van der Waals surface area contributed by atoms with Gasteiger partial charge in [-0.1, -0.05) is 204 Å². The van der Waals surface area contributed by atoms with Gasteiger partial charge in [-0.2, -0.15) is 0 Å². The monoisotopic (exact) mass is 1170 g/mol. The predicted octanol–water partition coefficient (Wildman–Crippen LogP) is 19.6. The highest BCUT2D eigenvalue weighted by Crippen LogP contribution is 2.50. The molecule has 2 aliphatic rings. The van der Waals surface area contributed by atoms with Crippen molar-refractivity contribution in [3.8, 4) is 17.1 Å². The fraction of sp³-hybridized carbons (Fsp3) is 0.193. The maximum atomic E-state index is 14.8. The second-order valence-corrected chi connectivity index (χ2v) is 29.5. The molecule has 0 N–H and O–H groups in total. The number of rotatable bonds is 5. The van der Waals surface area contributed by atoms with Gasteiger partial charge in [-0.15, -0.1) is 0 Å². The normalized spacial score (nSPS) is 13.5. The lowest BCUT2D eigenvalue weighted by atomic mass is 9.33. The van der Waals surface area contributed by atoms with Crippen LogP contribution in [0.15, 0.2) is 235 Å². The van der Waals surface area contributed by atoms with E-state index < -0.39 is 0 Å². The van der Waals surface area contributed by atoms with Gasteiger partial charge in [0.05, 0.1) is 38.8 Å². The number of benzene rings is 11. The highest BCUT2D eigenvalue weighted by Gasteiger charge is 2.45. The molecule has 5 heterocycles. The largest absolute Gasteiger partial charge is 0.311 e. The first-order chi connectivity index (χ1) is 43.1. The molecule has 90 heavy (non-hydrogen) atoms. The van der Waals surface area contributed by atoms with Gasteiger partial charge >= 0.3 is 0 Å². The Labute approximate surface area is 528 Å². The van der Waals surface area contributed by atoms with Crippen molar-refractivity contribution in [3.05, 3.63) is 263 Å². The van der Waals surface area contributed by atoms with Crippen molar-refractivity contribution in [2.75, 3.05) is 9.80 Å². The van der Waals surface area contributed by atoms with Crippen molar-refractivity contribution in [3.63, 3.8) is 0 Å². The first-order valence-electron chi connectivity index (χ1n) is 32.0. The van der Waals surface area contributed by atoms with Crippen molar-refractivity contribution in [2.24, 2.45) is 0 Å². The third-order valence-electron chi connectivity index (χ3n) is 19.6. The summed E-state index contributed by atoms with van der Waals surface area (Å²) < 4.78 is 7.30. The molecule has 0 aliphatic carbocycles. The van der Waals surface area contributed by atoms with Gasteiger partial charge in [-0.25, -0.2) is 0 Å². The van der Waals surface area contributed by atoms with Gasteiger partial charge in [0.2, 0.25) is 0 Å². The average molecular weight is 1170 g/mol. The lowest BCUT2D eigenvalue weighted by Crippen LogP contribution is -2.61. The summed E-state index contributed by atoms with van der Waals surface area (Å²) in [6, 6.07) is 86.0. The molecular weight excluding hydrogens is 1090 g/mol. The number of pyridine rings is 1. The summed E-state index contributed by atoms with van der Waals surface area (Å²) in [6.07, 6.45) is 0. The Bertz CT molecular complexity index is 4920. The van der Waals surface area contributed by atoms with Crippen LogP contribution in [0.1, 0.15) is 105 Å². The van der Waals surface area contributed by atoms with E-state index in [9.17, 15) is 4.79 Å². The molecule has 14 aromatic rings. The van der Waals surface area contributed by atoms with E-state index in [2.05, 4.69) is 313 Å². The number of para-hydroxylation sites is 6. The highest BCUT2D eigenvalue weighted by molar-refractivity contribution is 7.00. The van der Waals surface area contributed by atoms with E-state index >= 15 is 0 Å². The first kappa shape index (κ1) is 55.5. The second kappa shape index (κ2) is 19.6. The standard InChI is InChI=1S/C83H74BN5O/c1-80(2,3)51-41-52(81(4,5)6)44-57(43-51)88-74-47-55(85-68-31-19-13-25-60(68)61-26-14-20-32-69(61)85)37-39-66(74)84-67-40-38-56(86-70-33-21-15-27-62(70)63-28-16-22-34-71(63)86)48-75(67)89(58-45-53(82(7,8)9)42-54(46-58)83(10,11)12)77-50-59(49-76(88)78(77)84)87-72-35-23-17-29-64(72)79(90)65-30-18-24-36-73(65)87/h13-50H,1-12H3. The Hall–Kier alpha value is -9.85. The van der Waals surface area contributed by atoms with Gasteiger partial charge in [-0.3, -0.25) is 4.79 Å². The number of fused-ring (bicyclic) bond motifs is 12. The van der Waals surface area contributed by atoms with Crippen molar-refractivity contribution in [1.29, 1.82) is 0 Å². The maximum absolute atomic E-state index is 14.8. The fourth-order valence-electron chi connectivity index (χ4n) is 14.8. The van der Waals surface area contributed by atoms with Crippen LogP contribution in [0.25, 0.3) is 82.5 Å². The molecule has 440 valence electrons. The van der Waals surface area contributed by atoms with Gasteiger partial charge in [-0.05, 0) is 169 Å². The van der Waals surface area contributed by atoms with Crippen LogP contribution >= 0.6 is 0 Å². The number of hydrogen-bond acceptors (Lipinski definition) is 3. The Morgan fingerprint density at radius 1 is 0.267 bits per heavy atom. The Kier molecular flexibility index (Phi) is 12.1. The quantitative estimate of drug-likeness (QED) is 0.127. The molecule has 2 aliphatic heterocycles. The summed E-state index contributed by atoms with van der Waals surface area (Å²) in [5.74, 6) is 0. The maximum Gasteiger partial charge on any atom is 0.252 e. The van der Waals surface area contributed by atoms with Crippen molar-refractivity contribution < 1.29 is 0 Å². The van der Waals surface area contributed by atoms with E-state index in [0.29, 0.717) is 10.8 Å². The zero-order chi connectivity index (χ0) is 62.1. The molecule has 0 unspecified atom stereocenters. The molecule has 0 amide bonds. The van der Waals surface area contributed by atoms with Crippen molar-refractivity contribution in [2.45, 2.75) is 105 Å². The zero-order valence-corrected chi connectivity index (χ0v) is 53.7. The van der Waals surface area contributed by atoms with Crippen LogP contribution in [0, 0.1) is 0 Å². The van der Waals surface area contributed by atoms with E-state index in [-0.39, 0.29) is 33.8 Å². The van der Waals surface area contributed by atoms with Crippen LogP contribution in [0.5, 0.6) is 0 Å². The molecule has 3 aromatic heterocycles. The summed E-state index contributed by atoms with van der Waals surface area (Å²) in [5, 5.41) is 6.25. The van der Waals surface area contributed by atoms with Gasteiger partial charge in [0.25, 0.3) is 6.71 Å². The predicted molar refractivity (Wildman–Crippen MR) is 385 cm³/mol. The van der Waals surface area contributed by atoms with Gasteiger partial charge in [0.1, 0.15) is 0 Å². The molecule has 0 spiro atoms. The third kappa shape index (κ3) is 8.49. The van der Waals surface area contributed by atoms with Gasteiger partial charge in [0.15, 0.2) is 5.43 Å². The number of hydrogen-bond donors (Lipinski definition) is 0. The highest BCUT2D eigenvalue weighted by atomic mass is 16.1. The molecule has 0 radical (unpaired) electrons. The fourth-order valence-corrected chi connectivity index (χ4v) is 14.8. The Balaban J connectivity index is 1.10. The van der Waals surface area contributed by atoms with Crippen LogP contribution < -0.4 is 31.6 Å². The van der Waals surface area contributed by atoms with E-state index in [1.807, 2.05) is 24.3 Å². The SMILES string of the molecule is CC(C)(C)c1cc(N2c3cc(-n4c5ccccc5c5ccccc54)ccc3B3c4ccc(-n5c6ccccc6c6ccccc65)cc4N(c4cc(C(C)(C)C)cc(C(C)(C)C)c4)c4cc(-n5c6ccccc6c(=O)c6ccccc65)cc2c43)cc(C(C)(C)C)c1. The molecular formula is C83H74BN5O. The lowest BCUT2D eigenvalue weighted by molar-refractivity contribution is 0.568. The lowest BCUT2D eigenvalue weighted by Gasteiger charge is -2.45. The van der Waals surface area contributed by atoms with Crippen molar-refractivity contribution in [1.82, 2.24) is 13.7 Å². The summed E-state index contributed by atoms with van der Waals surface area (Å²) in [7, 11) is 0. The molecule has 0 fully saturated rings. The number of anilines is 6. The summed E-state index contributed by atoms with van der Waals surface area (Å²) in [4.78, 5) is 20.1. The topological polar surface area (TPSA) is 38.3 Å². The Morgan fingerprint density at radius 3 is 0.844 bits per heavy atom. The second-order valence-electron chi connectivity index (χ2n) is 29.5. The zero-order valence-electron chi connectivity index (χ0n) is 53.7. The van der Waals surface area contributed by atoms with Crippen LogP contribution in [-0.4, -0.2) is 20.4 Å². The minimum absolute atomic E-state index is 0.0282. The van der Waals surface area contributed by atoms with E-state index in [4.69, 9.17) is 0 Å². The van der Waals surface area contributed by atoms with Crippen LogP contribution in [-0.2, 0) is 21.7 Å². The summed E-state index contributed by atoms with van der Waals surface area (Å²) >= 11 is 0. The molecule has 16 rings (SSSR count). The molecule has 0 saturated carbocycles. The van der Waals surface area contributed by atoms with Gasteiger partial charge in [0, 0.05) is 77.8 Å². The number of nitrogens with zero attached hydrogens (tertiary/aromatic N) is 5. The average Bonchev–Trinajstić information content (AvgIpc) is 0.768. The molecule has 6 nitrogen and oxygen atoms in total. The summed E-state index contributed by atoms with van der Waals surface area (Å²) in [6.45, 7) is 27.9. The molecule has 11 aromatic carbocycles. The van der Waals surface area contributed by atoms with Crippen LogP contribution in [0.3, 0.4) is 0 Å². The van der Waals surface area contributed by atoms with Crippen LogP contribution in [0.2, 0.25) is 0 Å². The summed E-state index contributed by atoms with van der Waals surface area (Å²) in [5.41, 5.74) is 24.2. The van der Waals surface area contributed by atoms with E-state index in [1.165, 1.54) is 60.2 Å². The third-order valence-corrected chi connectivity index (χ3v) is 19.6. The molecule has 0 bridgehead atoms. The van der Waals surface area contributed by atoms with Crippen molar-refractivity contribution >= 4 is 123 Å². The smallest absolute Gasteiger partial charge is 0.252 e. The van der Waals surface area contributed by atoms with E-state index in [1.54, 1.807) is 0 Å². The minimum Gasteiger partial charge on any atom is -0.311 e. The number of aromatic nitrogens is 3. The molecule has 7 heteroatoms. The van der Waals surface area contributed by atoms with E-state index in [0.717, 1.165) is 84.3 Å². The first-order valence-corrected chi connectivity index (χ1v) is 32.0. The molecule has 0 saturated heterocycles. The Morgan fingerprint density at radius 2 is 0.533 bits per heavy atom. The van der Waals surface area contributed by atoms with Gasteiger partial charge < -0.3 is 23.5 Å².